The molecule has 0 N–H and O–H groups in total. The van der Waals surface area contributed by atoms with Crippen LogP contribution in [0.4, 0.5) is 13.2 Å². The van der Waals surface area contributed by atoms with Crippen molar-refractivity contribution in [3.8, 4) is 0 Å². The average Bonchev–Trinajstić information content (AvgIpc) is 2.28. The van der Waals surface area contributed by atoms with Crippen LogP contribution >= 0.6 is 0 Å². The lowest BCUT2D eigenvalue weighted by Crippen LogP contribution is -2.49. The standard InChI is InChI=1S/C8H14F3N3/c1-6(2)4-14-5-12-13(3)7(14)8(9,10)11/h5-7H,4H2,1-3H3. The minimum absolute atomic E-state index is 0.179. The highest BCUT2D eigenvalue weighted by Gasteiger charge is 2.48. The Morgan fingerprint density at radius 3 is 2.43 bits per heavy atom. The van der Waals surface area contributed by atoms with E-state index in [2.05, 4.69) is 5.10 Å². The molecule has 1 aliphatic heterocycles. The Morgan fingerprint density at radius 1 is 1.43 bits per heavy atom. The summed E-state index contributed by atoms with van der Waals surface area (Å²) < 4.78 is 37.6. The maximum atomic E-state index is 12.5. The molecule has 1 aliphatic rings. The summed E-state index contributed by atoms with van der Waals surface area (Å²) in [5, 5.41) is 4.57. The zero-order valence-corrected chi connectivity index (χ0v) is 8.41. The second-order valence-electron chi connectivity index (χ2n) is 3.81. The van der Waals surface area contributed by atoms with Crippen LogP contribution in [-0.2, 0) is 0 Å². The van der Waals surface area contributed by atoms with Crippen LogP contribution in [-0.4, -0.2) is 42.2 Å². The molecule has 0 fully saturated rings. The van der Waals surface area contributed by atoms with E-state index < -0.39 is 12.3 Å². The Hall–Kier alpha value is -0.940. The lowest BCUT2D eigenvalue weighted by Gasteiger charge is -2.30. The Balaban J connectivity index is 2.71. The predicted octanol–water partition coefficient (Wildman–Crippen LogP) is 1.72. The molecule has 1 heterocycles. The van der Waals surface area contributed by atoms with Gasteiger partial charge in [0.25, 0.3) is 0 Å². The number of alkyl halides is 3. The minimum atomic E-state index is -4.26. The van der Waals surface area contributed by atoms with E-state index in [1.165, 1.54) is 18.3 Å². The van der Waals surface area contributed by atoms with Gasteiger partial charge in [0.1, 0.15) is 6.34 Å². The highest BCUT2D eigenvalue weighted by molar-refractivity contribution is 5.57. The Bertz CT molecular complexity index is 224. The maximum absolute atomic E-state index is 12.5. The van der Waals surface area contributed by atoms with E-state index in [0.717, 1.165) is 5.01 Å². The third-order valence-corrected chi connectivity index (χ3v) is 1.92. The van der Waals surface area contributed by atoms with Gasteiger partial charge in [0.2, 0.25) is 6.17 Å². The number of nitrogens with zero attached hydrogens (tertiary/aromatic N) is 3. The first-order valence-electron chi connectivity index (χ1n) is 4.41. The second kappa shape index (κ2) is 3.67. The van der Waals surface area contributed by atoms with Gasteiger partial charge in [0.05, 0.1) is 0 Å². The van der Waals surface area contributed by atoms with E-state index in [0.29, 0.717) is 6.54 Å². The first-order valence-corrected chi connectivity index (χ1v) is 4.41. The molecule has 0 saturated carbocycles. The molecule has 0 aromatic heterocycles. The number of hydrogen-bond donors (Lipinski definition) is 0. The zero-order chi connectivity index (χ0) is 10.9. The van der Waals surface area contributed by atoms with Gasteiger partial charge in [-0.25, -0.2) is 0 Å². The van der Waals surface area contributed by atoms with Crippen molar-refractivity contribution in [3.05, 3.63) is 0 Å². The molecule has 1 rings (SSSR count). The van der Waals surface area contributed by atoms with Gasteiger partial charge < -0.3 is 4.90 Å². The van der Waals surface area contributed by atoms with E-state index >= 15 is 0 Å². The molecule has 0 spiro atoms. The first kappa shape index (κ1) is 11.1. The van der Waals surface area contributed by atoms with E-state index in [1.807, 2.05) is 13.8 Å². The molecule has 0 aromatic carbocycles. The summed E-state index contributed by atoms with van der Waals surface area (Å²) in [5.41, 5.74) is 0. The fourth-order valence-electron chi connectivity index (χ4n) is 1.46. The van der Waals surface area contributed by atoms with Crippen molar-refractivity contribution in [2.24, 2.45) is 11.0 Å². The molecule has 1 unspecified atom stereocenters. The average molecular weight is 209 g/mol. The largest absolute Gasteiger partial charge is 0.429 e. The van der Waals surface area contributed by atoms with Gasteiger partial charge in [-0.3, -0.25) is 5.01 Å². The molecule has 82 valence electrons. The number of rotatable bonds is 2. The maximum Gasteiger partial charge on any atom is 0.429 e. The van der Waals surface area contributed by atoms with Crippen LogP contribution < -0.4 is 0 Å². The van der Waals surface area contributed by atoms with Crippen molar-refractivity contribution in [2.45, 2.75) is 26.2 Å². The SMILES string of the molecule is CC(C)CN1C=NN(C)C1C(F)(F)F. The van der Waals surface area contributed by atoms with Crippen LogP contribution in [0.3, 0.4) is 0 Å². The molecule has 0 radical (unpaired) electrons. The molecule has 0 bridgehead atoms. The summed E-state index contributed by atoms with van der Waals surface area (Å²) >= 11 is 0. The highest BCUT2D eigenvalue weighted by Crippen LogP contribution is 2.29. The molecule has 1 atom stereocenters. The van der Waals surface area contributed by atoms with Gasteiger partial charge in [-0.2, -0.15) is 18.3 Å². The lowest BCUT2D eigenvalue weighted by atomic mass is 10.2. The topological polar surface area (TPSA) is 18.8 Å². The molecular formula is C8H14F3N3. The molecule has 3 nitrogen and oxygen atoms in total. The fourth-order valence-corrected chi connectivity index (χ4v) is 1.46. The molecule has 0 aliphatic carbocycles. The summed E-state index contributed by atoms with van der Waals surface area (Å²) in [6.07, 6.45) is -4.62. The molecule has 14 heavy (non-hydrogen) atoms. The third kappa shape index (κ3) is 2.30. The Labute approximate surface area is 81.2 Å². The number of halogens is 3. The molecule has 6 heteroatoms. The Kier molecular flexibility index (Phi) is 2.92. The minimum Gasteiger partial charge on any atom is -0.332 e. The van der Waals surface area contributed by atoms with Gasteiger partial charge >= 0.3 is 6.18 Å². The third-order valence-electron chi connectivity index (χ3n) is 1.92. The van der Waals surface area contributed by atoms with Crippen molar-refractivity contribution in [3.63, 3.8) is 0 Å². The van der Waals surface area contributed by atoms with Crippen molar-refractivity contribution >= 4 is 6.34 Å². The summed E-state index contributed by atoms with van der Waals surface area (Å²) in [6, 6.07) is 0. The van der Waals surface area contributed by atoms with Crippen molar-refractivity contribution < 1.29 is 13.2 Å². The van der Waals surface area contributed by atoms with E-state index in [4.69, 9.17) is 0 Å². The van der Waals surface area contributed by atoms with Gasteiger partial charge in [-0.1, -0.05) is 13.8 Å². The molecule has 0 saturated heterocycles. The van der Waals surface area contributed by atoms with Crippen LogP contribution in [0.25, 0.3) is 0 Å². The summed E-state index contributed by atoms with van der Waals surface area (Å²) in [6.45, 7) is 4.11. The van der Waals surface area contributed by atoms with Crippen LogP contribution in [0.2, 0.25) is 0 Å². The van der Waals surface area contributed by atoms with Gasteiger partial charge in [-0.15, -0.1) is 0 Å². The first-order chi connectivity index (χ1) is 6.32. The van der Waals surface area contributed by atoms with Crippen molar-refractivity contribution in [1.82, 2.24) is 9.91 Å². The summed E-state index contributed by atoms with van der Waals surface area (Å²) in [7, 11) is 1.33. The van der Waals surface area contributed by atoms with Crippen LogP contribution in [0.1, 0.15) is 13.8 Å². The molecule has 0 amide bonds. The van der Waals surface area contributed by atoms with E-state index in [1.54, 1.807) is 0 Å². The summed E-state index contributed by atoms with van der Waals surface area (Å²) in [5.74, 6) is 0.179. The van der Waals surface area contributed by atoms with Gasteiger partial charge in [0, 0.05) is 13.6 Å². The van der Waals surface area contributed by atoms with Crippen LogP contribution in [0.15, 0.2) is 5.10 Å². The predicted molar refractivity (Wildman–Crippen MR) is 47.6 cm³/mol. The fraction of sp³-hybridized carbons (Fsp3) is 0.875. The van der Waals surface area contributed by atoms with E-state index in [-0.39, 0.29) is 5.92 Å². The highest BCUT2D eigenvalue weighted by atomic mass is 19.4. The monoisotopic (exact) mass is 209 g/mol. The normalized spacial score (nSPS) is 22.6. The van der Waals surface area contributed by atoms with Crippen LogP contribution in [0.5, 0.6) is 0 Å². The van der Waals surface area contributed by atoms with Crippen LogP contribution in [0, 0.1) is 5.92 Å². The zero-order valence-electron chi connectivity index (χ0n) is 8.41. The Morgan fingerprint density at radius 2 is 2.00 bits per heavy atom. The van der Waals surface area contributed by atoms with Gasteiger partial charge in [0.15, 0.2) is 0 Å². The summed E-state index contributed by atoms with van der Waals surface area (Å²) in [4.78, 5) is 1.21. The van der Waals surface area contributed by atoms with Crippen molar-refractivity contribution in [2.75, 3.05) is 13.6 Å². The smallest absolute Gasteiger partial charge is 0.332 e. The van der Waals surface area contributed by atoms with E-state index in [9.17, 15) is 13.2 Å². The van der Waals surface area contributed by atoms with Gasteiger partial charge in [-0.05, 0) is 5.92 Å². The quantitative estimate of drug-likeness (QED) is 0.689. The number of hydrogen-bond acceptors (Lipinski definition) is 3. The van der Waals surface area contributed by atoms with Crippen molar-refractivity contribution in [1.29, 1.82) is 0 Å². The number of hydrazone groups is 1. The second-order valence-corrected chi connectivity index (χ2v) is 3.81. The molecule has 0 aromatic rings. The lowest BCUT2D eigenvalue weighted by molar-refractivity contribution is -0.204. The molecular weight excluding hydrogens is 195 g/mol.